The monoisotopic (exact) mass is 250 g/mol. The van der Waals surface area contributed by atoms with E-state index < -0.39 is 5.82 Å². The van der Waals surface area contributed by atoms with Crippen molar-refractivity contribution in [2.75, 3.05) is 6.54 Å². The number of amides is 1. The number of hydrogen-bond donors (Lipinski definition) is 0. The van der Waals surface area contributed by atoms with Crippen LogP contribution >= 0.6 is 0 Å². The lowest BCUT2D eigenvalue weighted by Crippen LogP contribution is -2.36. The summed E-state index contributed by atoms with van der Waals surface area (Å²) in [5.74, 6) is -0.703. The summed E-state index contributed by atoms with van der Waals surface area (Å²) >= 11 is 0. The number of aromatic nitrogens is 1. The fraction of sp³-hybridized carbons (Fsp3) is 0.462. The number of carbonyl (C=O) groups excluding carboxylic acids is 2. The van der Waals surface area contributed by atoms with Crippen molar-refractivity contribution < 1.29 is 14.0 Å². The van der Waals surface area contributed by atoms with Gasteiger partial charge in [-0.3, -0.25) is 14.6 Å². The van der Waals surface area contributed by atoms with Gasteiger partial charge in [0.15, 0.2) is 0 Å². The van der Waals surface area contributed by atoms with E-state index in [1.54, 1.807) is 4.90 Å². The van der Waals surface area contributed by atoms with Gasteiger partial charge in [0.1, 0.15) is 11.6 Å². The van der Waals surface area contributed by atoms with E-state index in [1.807, 2.05) is 0 Å². The van der Waals surface area contributed by atoms with Crippen LogP contribution in [-0.4, -0.2) is 34.2 Å². The van der Waals surface area contributed by atoms with E-state index in [2.05, 4.69) is 4.98 Å². The van der Waals surface area contributed by atoms with Crippen LogP contribution in [0.5, 0.6) is 0 Å². The Bertz CT molecular complexity index is 476. The second kappa shape index (κ2) is 5.25. The Kier molecular flexibility index (Phi) is 3.69. The second-order valence-corrected chi connectivity index (χ2v) is 4.59. The smallest absolute Gasteiger partial charge is 0.255 e. The molecule has 1 aromatic heterocycles. The molecule has 0 aliphatic carbocycles. The molecule has 0 saturated carbocycles. The van der Waals surface area contributed by atoms with Crippen LogP contribution in [0.3, 0.4) is 0 Å². The third-order valence-corrected chi connectivity index (χ3v) is 3.11. The molecule has 1 aliphatic rings. The number of carbonyl (C=O) groups is 2. The molecule has 2 heterocycles. The molecule has 0 spiro atoms. The Hall–Kier alpha value is -1.78. The molecule has 0 bridgehead atoms. The van der Waals surface area contributed by atoms with Crippen molar-refractivity contribution in [1.82, 2.24) is 9.88 Å². The highest BCUT2D eigenvalue weighted by Crippen LogP contribution is 2.22. The number of rotatable bonds is 3. The molecule has 5 heteroatoms. The lowest BCUT2D eigenvalue weighted by molar-refractivity contribution is -0.117. The van der Waals surface area contributed by atoms with Gasteiger partial charge >= 0.3 is 0 Å². The minimum atomic E-state index is -0.525. The first kappa shape index (κ1) is 12.7. The highest BCUT2D eigenvalue weighted by Gasteiger charge is 2.30. The molecule has 1 aliphatic heterocycles. The number of halogens is 1. The van der Waals surface area contributed by atoms with Gasteiger partial charge in [0.25, 0.3) is 5.91 Å². The van der Waals surface area contributed by atoms with Gasteiger partial charge in [-0.2, -0.15) is 0 Å². The van der Waals surface area contributed by atoms with E-state index in [-0.39, 0.29) is 23.3 Å². The first-order valence-corrected chi connectivity index (χ1v) is 5.99. The summed E-state index contributed by atoms with van der Waals surface area (Å²) in [6, 6.07) is 1.12. The van der Waals surface area contributed by atoms with Gasteiger partial charge in [0.2, 0.25) is 0 Å². The van der Waals surface area contributed by atoms with Crippen molar-refractivity contribution in [3.63, 3.8) is 0 Å². The third kappa shape index (κ3) is 2.72. The molecule has 0 radical (unpaired) electrons. The van der Waals surface area contributed by atoms with E-state index in [9.17, 15) is 14.0 Å². The number of nitrogens with zero attached hydrogens (tertiary/aromatic N) is 2. The minimum Gasteiger partial charge on any atom is -0.335 e. The van der Waals surface area contributed by atoms with Crippen LogP contribution in [-0.2, 0) is 4.79 Å². The summed E-state index contributed by atoms with van der Waals surface area (Å²) in [6.45, 7) is 2.14. The van der Waals surface area contributed by atoms with Crippen molar-refractivity contribution in [3.05, 3.63) is 29.8 Å². The molecule has 1 fully saturated rings. The number of likely N-dealkylation sites (tertiary alicyclic amines) is 1. The van der Waals surface area contributed by atoms with Gasteiger partial charge in [-0.15, -0.1) is 0 Å². The lowest BCUT2D eigenvalue weighted by atomic mass is 10.1. The fourth-order valence-electron chi connectivity index (χ4n) is 2.34. The number of hydrogen-bond acceptors (Lipinski definition) is 3. The second-order valence-electron chi connectivity index (χ2n) is 4.59. The maximum Gasteiger partial charge on any atom is 0.255 e. The number of pyridine rings is 1. The molecular weight excluding hydrogens is 235 g/mol. The molecule has 1 atom stereocenters. The molecule has 1 unspecified atom stereocenters. The fourth-order valence-corrected chi connectivity index (χ4v) is 2.34. The quantitative estimate of drug-likeness (QED) is 0.822. The first-order valence-electron chi connectivity index (χ1n) is 5.99. The van der Waals surface area contributed by atoms with Gasteiger partial charge in [-0.1, -0.05) is 0 Å². The molecule has 1 saturated heterocycles. The molecule has 4 nitrogen and oxygen atoms in total. The van der Waals surface area contributed by atoms with Crippen molar-refractivity contribution in [2.24, 2.45) is 0 Å². The number of Topliss-reactive ketones (excluding diaryl/α,β-unsaturated/α-hetero) is 1. The highest BCUT2D eigenvalue weighted by atomic mass is 19.1. The molecule has 1 amide bonds. The number of ketones is 1. The van der Waals surface area contributed by atoms with Gasteiger partial charge in [-0.05, 0) is 25.8 Å². The van der Waals surface area contributed by atoms with Crippen LogP contribution in [0.25, 0.3) is 0 Å². The van der Waals surface area contributed by atoms with Crippen LogP contribution in [0.15, 0.2) is 18.5 Å². The molecule has 96 valence electrons. The summed E-state index contributed by atoms with van der Waals surface area (Å²) in [6.07, 6.45) is 4.50. The van der Waals surface area contributed by atoms with Gasteiger partial charge < -0.3 is 4.90 Å². The van der Waals surface area contributed by atoms with Crippen molar-refractivity contribution in [1.29, 1.82) is 0 Å². The van der Waals surface area contributed by atoms with Gasteiger partial charge in [0.05, 0.1) is 11.8 Å². The predicted molar refractivity (Wildman–Crippen MR) is 63.6 cm³/mol. The Morgan fingerprint density at radius 1 is 1.50 bits per heavy atom. The van der Waals surface area contributed by atoms with E-state index >= 15 is 0 Å². The zero-order valence-electron chi connectivity index (χ0n) is 10.2. The molecular formula is C13H15FN2O2. The Labute approximate surface area is 105 Å². The van der Waals surface area contributed by atoms with E-state index in [1.165, 1.54) is 19.2 Å². The summed E-state index contributed by atoms with van der Waals surface area (Å²) in [7, 11) is 0. The Morgan fingerprint density at radius 3 is 2.94 bits per heavy atom. The third-order valence-electron chi connectivity index (χ3n) is 3.11. The van der Waals surface area contributed by atoms with Crippen LogP contribution < -0.4 is 0 Å². The molecule has 1 aromatic rings. The summed E-state index contributed by atoms with van der Waals surface area (Å²) in [5.41, 5.74) is 0.241. The standard InChI is InChI=1S/C13H15FN2O2/c1-9(17)5-12-3-2-4-16(12)13(18)10-6-11(14)8-15-7-10/h6-8,12H,2-5H2,1H3. The predicted octanol–water partition coefficient (Wildman–Crippen LogP) is 1.80. The SMILES string of the molecule is CC(=O)CC1CCCN1C(=O)c1cncc(F)c1. The molecule has 0 N–H and O–H groups in total. The van der Waals surface area contributed by atoms with Crippen LogP contribution in [0.4, 0.5) is 4.39 Å². The van der Waals surface area contributed by atoms with Crippen molar-refractivity contribution in [3.8, 4) is 0 Å². The highest BCUT2D eigenvalue weighted by molar-refractivity contribution is 5.94. The topological polar surface area (TPSA) is 50.3 Å². The van der Waals surface area contributed by atoms with Crippen molar-refractivity contribution >= 4 is 11.7 Å². The zero-order chi connectivity index (χ0) is 13.1. The minimum absolute atomic E-state index is 0.0572. The normalized spacial score (nSPS) is 19.0. The maximum atomic E-state index is 13.0. The largest absolute Gasteiger partial charge is 0.335 e. The van der Waals surface area contributed by atoms with Crippen LogP contribution in [0.2, 0.25) is 0 Å². The molecule has 0 aromatic carbocycles. The van der Waals surface area contributed by atoms with Gasteiger partial charge in [0, 0.05) is 25.2 Å². The summed E-state index contributed by atoms with van der Waals surface area (Å²) in [4.78, 5) is 28.7. The Morgan fingerprint density at radius 2 is 2.28 bits per heavy atom. The average Bonchev–Trinajstić information content (AvgIpc) is 2.75. The summed E-state index contributed by atoms with van der Waals surface area (Å²) < 4.78 is 13.0. The summed E-state index contributed by atoms with van der Waals surface area (Å²) in [5, 5.41) is 0. The van der Waals surface area contributed by atoms with Crippen LogP contribution in [0, 0.1) is 5.82 Å². The zero-order valence-corrected chi connectivity index (χ0v) is 10.2. The Balaban J connectivity index is 2.15. The first-order chi connectivity index (χ1) is 8.58. The molecule has 2 rings (SSSR count). The van der Waals surface area contributed by atoms with E-state index in [4.69, 9.17) is 0 Å². The van der Waals surface area contributed by atoms with Gasteiger partial charge in [-0.25, -0.2) is 4.39 Å². The van der Waals surface area contributed by atoms with E-state index in [0.29, 0.717) is 13.0 Å². The van der Waals surface area contributed by atoms with Crippen LogP contribution in [0.1, 0.15) is 36.5 Å². The lowest BCUT2D eigenvalue weighted by Gasteiger charge is -2.23. The molecule has 18 heavy (non-hydrogen) atoms. The average molecular weight is 250 g/mol. The van der Waals surface area contributed by atoms with Crippen molar-refractivity contribution in [2.45, 2.75) is 32.2 Å². The van der Waals surface area contributed by atoms with E-state index in [0.717, 1.165) is 19.0 Å². The maximum absolute atomic E-state index is 13.0.